The van der Waals surface area contributed by atoms with Crippen LogP contribution in [0.25, 0.3) is 0 Å². The molecule has 25 heavy (non-hydrogen) atoms. The molecule has 3 rings (SSSR count). The topological polar surface area (TPSA) is 81.8 Å². The van der Waals surface area contributed by atoms with Crippen LogP contribution in [0.5, 0.6) is 0 Å². The normalized spacial score (nSPS) is 30.9. The Balaban J connectivity index is 1.75. The molecule has 0 aliphatic carbocycles. The number of halogens is 2. The fourth-order valence-corrected chi connectivity index (χ4v) is 3.52. The monoisotopic (exact) mass is 358 g/mol. The quantitative estimate of drug-likeness (QED) is 0.783. The van der Waals surface area contributed by atoms with Crippen molar-refractivity contribution >= 4 is 5.91 Å². The van der Waals surface area contributed by atoms with E-state index in [2.05, 4.69) is 4.98 Å². The first-order valence-corrected chi connectivity index (χ1v) is 8.52. The third-order valence-electron chi connectivity index (χ3n) is 5.10. The van der Waals surface area contributed by atoms with E-state index >= 15 is 0 Å². The van der Waals surface area contributed by atoms with Gasteiger partial charge in [0, 0.05) is 52.3 Å². The van der Waals surface area contributed by atoms with Crippen LogP contribution in [-0.2, 0) is 7.05 Å². The summed E-state index contributed by atoms with van der Waals surface area (Å²) < 4.78 is 28.5. The number of nitrogens with zero attached hydrogens (tertiary/aromatic N) is 4. The largest absolute Gasteiger partial charge is 0.390 e. The molecular weight excluding hydrogens is 334 g/mol. The number of aliphatic hydroxyl groups excluding tert-OH is 2. The van der Waals surface area contributed by atoms with Crippen LogP contribution in [-0.4, -0.2) is 85.8 Å². The zero-order valence-corrected chi connectivity index (χ0v) is 14.2. The number of carbonyl (C=O) groups excluding carboxylic acids is 1. The van der Waals surface area contributed by atoms with Crippen LogP contribution in [0.1, 0.15) is 29.8 Å². The molecule has 0 spiro atoms. The first-order chi connectivity index (χ1) is 11.8. The minimum absolute atomic E-state index is 0.132. The van der Waals surface area contributed by atoms with E-state index in [0.717, 1.165) is 0 Å². The van der Waals surface area contributed by atoms with Crippen LogP contribution in [0.15, 0.2) is 12.5 Å². The fourth-order valence-electron chi connectivity index (χ4n) is 3.52. The second-order valence-corrected chi connectivity index (χ2v) is 6.98. The van der Waals surface area contributed by atoms with Gasteiger partial charge in [-0.15, -0.1) is 0 Å². The van der Waals surface area contributed by atoms with Gasteiger partial charge in [-0.05, 0) is 6.42 Å². The number of piperidine rings is 1. The number of aryl methyl sites for hydroxylation is 1. The van der Waals surface area contributed by atoms with E-state index < -0.39 is 24.2 Å². The number of aliphatic hydroxyl groups is 2. The number of imidazole rings is 1. The summed E-state index contributed by atoms with van der Waals surface area (Å²) in [4.78, 5) is 20.0. The van der Waals surface area contributed by atoms with Crippen molar-refractivity contribution in [2.45, 2.75) is 43.4 Å². The van der Waals surface area contributed by atoms with Crippen LogP contribution < -0.4 is 0 Å². The maximum absolute atomic E-state index is 13.4. The Labute approximate surface area is 144 Å². The molecule has 2 saturated heterocycles. The highest BCUT2D eigenvalue weighted by Gasteiger charge is 2.42. The molecule has 0 radical (unpaired) electrons. The highest BCUT2D eigenvalue weighted by molar-refractivity contribution is 5.92. The molecular formula is C16H24F2N4O3. The molecule has 7 nitrogen and oxygen atoms in total. The lowest BCUT2D eigenvalue weighted by Crippen LogP contribution is -2.55. The van der Waals surface area contributed by atoms with E-state index in [1.165, 1.54) is 6.33 Å². The number of hydrogen-bond acceptors (Lipinski definition) is 5. The Bertz CT molecular complexity index is 614. The van der Waals surface area contributed by atoms with Gasteiger partial charge in [0.15, 0.2) is 0 Å². The predicted octanol–water partition coefficient (Wildman–Crippen LogP) is 0.0875. The van der Waals surface area contributed by atoms with Gasteiger partial charge in [0.2, 0.25) is 0 Å². The molecule has 2 aliphatic heterocycles. The molecule has 0 saturated carbocycles. The van der Waals surface area contributed by atoms with E-state index in [0.29, 0.717) is 0 Å². The van der Waals surface area contributed by atoms with Gasteiger partial charge >= 0.3 is 0 Å². The standard InChI is InChI=1S/C16H24F2N4O3/c1-20-8-11(19-10-20)15(25)22-5-2-13(23)14(24)12(9-22)21-6-3-16(17,18)4-7-21/h8,10,12-14,23-24H,2-7,9H2,1H3/t12-,13-,14+/m1/s1. The van der Waals surface area contributed by atoms with Gasteiger partial charge in [0.1, 0.15) is 5.69 Å². The van der Waals surface area contributed by atoms with Crippen molar-refractivity contribution in [1.82, 2.24) is 19.4 Å². The molecule has 1 amide bonds. The summed E-state index contributed by atoms with van der Waals surface area (Å²) in [6.07, 6.45) is 0.749. The van der Waals surface area contributed by atoms with Crippen molar-refractivity contribution < 1.29 is 23.8 Å². The second-order valence-electron chi connectivity index (χ2n) is 6.98. The Morgan fingerprint density at radius 3 is 2.56 bits per heavy atom. The van der Waals surface area contributed by atoms with Gasteiger partial charge in [-0.25, -0.2) is 13.8 Å². The van der Waals surface area contributed by atoms with Gasteiger partial charge in [-0.1, -0.05) is 0 Å². The fraction of sp³-hybridized carbons (Fsp3) is 0.750. The molecule has 1 aromatic heterocycles. The lowest BCUT2D eigenvalue weighted by atomic mass is 9.99. The van der Waals surface area contributed by atoms with Crippen molar-refractivity contribution in [3.63, 3.8) is 0 Å². The van der Waals surface area contributed by atoms with Crippen molar-refractivity contribution in [3.05, 3.63) is 18.2 Å². The summed E-state index contributed by atoms with van der Waals surface area (Å²) in [5, 5.41) is 20.6. The van der Waals surface area contributed by atoms with Gasteiger partial charge in [0.05, 0.1) is 24.6 Å². The molecule has 0 bridgehead atoms. The van der Waals surface area contributed by atoms with Gasteiger partial charge in [-0.3, -0.25) is 9.69 Å². The summed E-state index contributed by atoms with van der Waals surface area (Å²) in [5.74, 6) is -2.97. The number of amides is 1. The van der Waals surface area contributed by atoms with Gasteiger partial charge < -0.3 is 19.7 Å². The third-order valence-corrected chi connectivity index (χ3v) is 5.10. The van der Waals surface area contributed by atoms with Crippen molar-refractivity contribution in [2.75, 3.05) is 26.2 Å². The third kappa shape index (κ3) is 3.99. The van der Waals surface area contributed by atoms with E-state index in [4.69, 9.17) is 0 Å². The smallest absolute Gasteiger partial charge is 0.274 e. The molecule has 3 heterocycles. The SMILES string of the molecule is Cn1cnc(C(=O)N2CC[C@@H](O)[C@@H](O)[C@H](N3CCC(F)(F)CC3)C2)c1. The molecule has 1 aromatic rings. The Morgan fingerprint density at radius 1 is 1.28 bits per heavy atom. The van der Waals surface area contributed by atoms with E-state index in [1.54, 1.807) is 27.6 Å². The molecule has 9 heteroatoms. The molecule has 0 aromatic carbocycles. The van der Waals surface area contributed by atoms with E-state index in [9.17, 15) is 23.8 Å². The van der Waals surface area contributed by atoms with Gasteiger partial charge in [0.25, 0.3) is 11.8 Å². The van der Waals surface area contributed by atoms with Crippen LogP contribution in [0, 0.1) is 0 Å². The zero-order chi connectivity index (χ0) is 18.2. The Morgan fingerprint density at radius 2 is 1.96 bits per heavy atom. The average Bonchev–Trinajstić information content (AvgIpc) is 2.94. The zero-order valence-electron chi connectivity index (χ0n) is 14.2. The number of aromatic nitrogens is 2. The van der Waals surface area contributed by atoms with Crippen molar-refractivity contribution in [3.8, 4) is 0 Å². The summed E-state index contributed by atoms with van der Waals surface area (Å²) in [7, 11) is 1.76. The van der Waals surface area contributed by atoms with E-state index in [1.807, 2.05) is 0 Å². The Kier molecular flexibility index (Phi) is 5.08. The summed E-state index contributed by atoms with van der Waals surface area (Å²) >= 11 is 0. The van der Waals surface area contributed by atoms with Crippen LogP contribution >= 0.6 is 0 Å². The summed E-state index contributed by atoms with van der Waals surface area (Å²) in [5.41, 5.74) is 0.289. The number of rotatable bonds is 2. The van der Waals surface area contributed by atoms with Crippen molar-refractivity contribution in [1.29, 1.82) is 0 Å². The van der Waals surface area contributed by atoms with Crippen molar-refractivity contribution in [2.24, 2.45) is 7.05 Å². The van der Waals surface area contributed by atoms with Gasteiger partial charge in [-0.2, -0.15) is 0 Å². The predicted molar refractivity (Wildman–Crippen MR) is 85.3 cm³/mol. The maximum atomic E-state index is 13.4. The second kappa shape index (κ2) is 6.97. The summed E-state index contributed by atoms with van der Waals surface area (Å²) in [6.45, 7) is 0.730. The van der Waals surface area contributed by atoms with Crippen LogP contribution in [0.2, 0.25) is 0 Å². The minimum atomic E-state index is -2.69. The molecule has 0 unspecified atom stereocenters. The summed E-state index contributed by atoms with van der Waals surface area (Å²) in [6, 6.07) is -0.568. The van der Waals surface area contributed by atoms with Crippen LogP contribution in [0.3, 0.4) is 0 Å². The number of likely N-dealkylation sites (tertiary alicyclic amines) is 2. The molecule has 140 valence electrons. The Hall–Kier alpha value is -1.58. The minimum Gasteiger partial charge on any atom is -0.390 e. The first-order valence-electron chi connectivity index (χ1n) is 8.52. The molecule has 3 atom stereocenters. The highest BCUT2D eigenvalue weighted by atomic mass is 19.3. The van der Waals surface area contributed by atoms with Crippen LogP contribution in [0.4, 0.5) is 8.78 Å². The first kappa shape index (κ1) is 18.2. The lowest BCUT2D eigenvalue weighted by Gasteiger charge is -2.40. The number of carbonyl (C=O) groups is 1. The highest BCUT2D eigenvalue weighted by Crippen LogP contribution is 2.30. The number of alkyl halides is 2. The molecule has 2 N–H and O–H groups in total. The molecule has 2 fully saturated rings. The maximum Gasteiger partial charge on any atom is 0.274 e. The number of hydrogen-bond donors (Lipinski definition) is 2. The van der Waals surface area contributed by atoms with E-state index in [-0.39, 0.29) is 57.0 Å². The average molecular weight is 358 g/mol. The molecule has 2 aliphatic rings. The lowest BCUT2D eigenvalue weighted by molar-refractivity contribution is -0.0892.